The predicted molar refractivity (Wildman–Crippen MR) is 129 cm³/mol. The van der Waals surface area contributed by atoms with Gasteiger partial charge >= 0.3 is 6.03 Å². The highest BCUT2D eigenvalue weighted by Crippen LogP contribution is 2.37. The molecule has 3 aromatic carbocycles. The summed E-state index contributed by atoms with van der Waals surface area (Å²) in [5, 5.41) is 5.61. The third-order valence-corrected chi connectivity index (χ3v) is 6.38. The molecule has 0 bridgehead atoms. The Bertz CT molecular complexity index is 1320. The minimum Gasteiger partial charge on any atom is -0.486 e. The number of carbonyl (C=O) groups excluding carboxylic acids is 3. The maximum atomic E-state index is 13.8. The molecule has 8 nitrogen and oxygen atoms in total. The number of aryl methyl sites for hydroxylation is 2. The molecule has 1 fully saturated rings. The first kappa shape index (κ1) is 22.5. The lowest BCUT2D eigenvalue weighted by Gasteiger charge is -2.28. The van der Waals surface area contributed by atoms with E-state index < -0.39 is 29.9 Å². The van der Waals surface area contributed by atoms with Gasteiger partial charge in [0.1, 0.15) is 19.8 Å². The van der Waals surface area contributed by atoms with Gasteiger partial charge in [0.25, 0.3) is 5.91 Å². The van der Waals surface area contributed by atoms with Crippen molar-refractivity contribution in [3.63, 3.8) is 0 Å². The van der Waals surface area contributed by atoms with Crippen LogP contribution in [0.4, 0.5) is 10.5 Å². The second kappa shape index (κ2) is 8.79. The molecule has 0 spiro atoms. The van der Waals surface area contributed by atoms with Gasteiger partial charge in [0.2, 0.25) is 5.91 Å². The average molecular weight is 472 g/mol. The zero-order valence-corrected chi connectivity index (χ0v) is 19.5. The van der Waals surface area contributed by atoms with E-state index >= 15 is 0 Å². The van der Waals surface area contributed by atoms with Crippen molar-refractivity contribution >= 4 is 23.5 Å². The first-order valence-corrected chi connectivity index (χ1v) is 11.4. The molecule has 1 atom stereocenters. The normalized spacial score (nSPS) is 18.9. The van der Waals surface area contributed by atoms with E-state index in [9.17, 15) is 14.4 Å². The second-order valence-corrected chi connectivity index (χ2v) is 8.64. The van der Waals surface area contributed by atoms with Crippen molar-refractivity contribution in [2.45, 2.75) is 19.4 Å². The Kier molecular flexibility index (Phi) is 5.64. The summed E-state index contributed by atoms with van der Waals surface area (Å²) >= 11 is 0. The highest BCUT2D eigenvalue weighted by atomic mass is 16.6. The lowest BCUT2D eigenvalue weighted by molar-refractivity contribution is -0.133. The third kappa shape index (κ3) is 3.97. The fourth-order valence-corrected chi connectivity index (χ4v) is 4.41. The molecular weight excluding hydrogens is 446 g/mol. The van der Waals surface area contributed by atoms with E-state index in [1.165, 1.54) is 0 Å². The molecule has 0 aromatic heterocycles. The minimum absolute atomic E-state index is 0.424. The van der Waals surface area contributed by atoms with Crippen LogP contribution in [-0.2, 0) is 15.1 Å². The fourth-order valence-electron chi connectivity index (χ4n) is 4.41. The minimum atomic E-state index is -1.42. The zero-order chi connectivity index (χ0) is 24.6. The molecule has 2 aliphatic rings. The molecule has 4 amide bonds. The molecule has 0 saturated carbocycles. The zero-order valence-electron chi connectivity index (χ0n) is 19.5. The van der Waals surface area contributed by atoms with Gasteiger partial charge in [-0.2, -0.15) is 0 Å². The molecule has 8 heteroatoms. The predicted octanol–water partition coefficient (Wildman–Crippen LogP) is 3.51. The topological polar surface area (TPSA) is 97.0 Å². The summed E-state index contributed by atoms with van der Waals surface area (Å²) in [5.41, 5.74) is 2.39. The van der Waals surface area contributed by atoms with Crippen LogP contribution >= 0.6 is 0 Å². The number of hydrogen-bond donors (Lipinski definition) is 2. The van der Waals surface area contributed by atoms with E-state index in [2.05, 4.69) is 10.6 Å². The van der Waals surface area contributed by atoms with Crippen molar-refractivity contribution < 1.29 is 23.9 Å². The Balaban J connectivity index is 1.43. The summed E-state index contributed by atoms with van der Waals surface area (Å²) < 4.78 is 11.0. The lowest BCUT2D eigenvalue weighted by Crippen LogP contribution is -2.45. The number of ether oxygens (including phenoxy) is 2. The summed E-state index contributed by atoms with van der Waals surface area (Å²) in [7, 11) is 0. The first-order valence-electron chi connectivity index (χ1n) is 11.4. The van der Waals surface area contributed by atoms with Crippen LogP contribution in [0.5, 0.6) is 11.5 Å². The average Bonchev–Trinajstić information content (AvgIpc) is 3.11. The van der Waals surface area contributed by atoms with Gasteiger partial charge in [0.05, 0.1) is 0 Å². The van der Waals surface area contributed by atoms with Gasteiger partial charge in [-0.3, -0.25) is 14.5 Å². The first-order chi connectivity index (χ1) is 16.9. The maximum absolute atomic E-state index is 13.8. The van der Waals surface area contributed by atoms with Crippen LogP contribution in [0.15, 0.2) is 66.7 Å². The number of amides is 4. The number of carbonyl (C=O) groups is 3. The summed E-state index contributed by atoms with van der Waals surface area (Å²) in [4.78, 5) is 40.7. The van der Waals surface area contributed by atoms with Crippen molar-refractivity contribution in [2.75, 3.05) is 25.1 Å². The van der Waals surface area contributed by atoms with Crippen LogP contribution in [0.3, 0.4) is 0 Å². The molecule has 178 valence electrons. The summed E-state index contributed by atoms with van der Waals surface area (Å²) in [5.74, 6) is 0.120. The van der Waals surface area contributed by atoms with E-state index in [4.69, 9.17) is 9.47 Å². The standard InChI is InChI=1S/C27H25N3O5/c1-17-8-9-20(14-18(17)2)27(19-6-4-3-5-7-19)25(32)30(26(33)29-27)16-24(31)28-21-10-11-22-23(15-21)35-13-12-34-22/h3-11,14-15H,12-13,16H2,1-2H3,(H,28,31)(H,29,33)/t27-/m0/s1. The molecule has 1 saturated heterocycles. The van der Waals surface area contributed by atoms with Gasteiger partial charge in [0.15, 0.2) is 17.0 Å². The number of nitrogens with one attached hydrogen (secondary N) is 2. The molecule has 2 aliphatic heterocycles. The monoisotopic (exact) mass is 471 g/mol. The lowest BCUT2D eigenvalue weighted by atomic mass is 9.81. The molecule has 3 aromatic rings. The third-order valence-electron chi connectivity index (χ3n) is 6.38. The van der Waals surface area contributed by atoms with Crippen LogP contribution in [0.2, 0.25) is 0 Å². The van der Waals surface area contributed by atoms with Crippen LogP contribution in [0.25, 0.3) is 0 Å². The molecule has 2 N–H and O–H groups in total. The Morgan fingerprint density at radius 1 is 0.914 bits per heavy atom. The number of benzene rings is 3. The summed E-state index contributed by atoms with van der Waals surface area (Å²) in [6.07, 6.45) is 0. The van der Waals surface area contributed by atoms with Crippen molar-refractivity contribution in [1.82, 2.24) is 10.2 Å². The number of imide groups is 1. The van der Waals surface area contributed by atoms with E-state index in [0.29, 0.717) is 41.5 Å². The van der Waals surface area contributed by atoms with Gasteiger partial charge in [-0.15, -0.1) is 0 Å². The highest BCUT2D eigenvalue weighted by molar-refractivity contribution is 6.12. The Morgan fingerprint density at radius 2 is 1.66 bits per heavy atom. The summed E-state index contributed by atoms with van der Waals surface area (Å²) in [6, 6.07) is 19.1. The fraction of sp³-hybridized carbons (Fsp3) is 0.222. The van der Waals surface area contributed by atoms with E-state index in [1.807, 2.05) is 50.2 Å². The molecule has 0 unspecified atom stereocenters. The number of hydrogen-bond acceptors (Lipinski definition) is 5. The van der Waals surface area contributed by atoms with Crippen LogP contribution < -0.4 is 20.1 Å². The van der Waals surface area contributed by atoms with Gasteiger partial charge < -0.3 is 20.1 Å². The number of anilines is 1. The summed E-state index contributed by atoms with van der Waals surface area (Å²) in [6.45, 7) is 4.40. The van der Waals surface area contributed by atoms with Crippen LogP contribution in [-0.4, -0.2) is 42.5 Å². The molecule has 35 heavy (non-hydrogen) atoms. The largest absolute Gasteiger partial charge is 0.486 e. The van der Waals surface area contributed by atoms with Crippen LogP contribution in [0.1, 0.15) is 22.3 Å². The van der Waals surface area contributed by atoms with Gasteiger partial charge in [0, 0.05) is 11.8 Å². The Morgan fingerprint density at radius 3 is 2.40 bits per heavy atom. The maximum Gasteiger partial charge on any atom is 0.326 e. The molecule has 5 rings (SSSR count). The smallest absolute Gasteiger partial charge is 0.326 e. The second-order valence-electron chi connectivity index (χ2n) is 8.64. The molecular formula is C27H25N3O5. The quantitative estimate of drug-likeness (QED) is 0.555. The van der Waals surface area contributed by atoms with E-state index in [-0.39, 0.29) is 0 Å². The van der Waals surface area contributed by atoms with Crippen molar-refractivity contribution in [1.29, 1.82) is 0 Å². The Labute approximate surface area is 202 Å². The highest BCUT2D eigenvalue weighted by Gasteiger charge is 2.54. The van der Waals surface area contributed by atoms with Crippen molar-refractivity contribution in [3.8, 4) is 11.5 Å². The van der Waals surface area contributed by atoms with Crippen LogP contribution in [0, 0.1) is 13.8 Å². The van der Waals surface area contributed by atoms with Crippen molar-refractivity contribution in [2.24, 2.45) is 0 Å². The number of rotatable bonds is 5. The van der Waals surface area contributed by atoms with E-state index in [1.54, 1.807) is 30.3 Å². The van der Waals surface area contributed by atoms with E-state index in [0.717, 1.165) is 16.0 Å². The van der Waals surface area contributed by atoms with Gasteiger partial charge in [-0.1, -0.05) is 48.5 Å². The molecule has 2 heterocycles. The molecule has 0 radical (unpaired) electrons. The molecule has 0 aliphatic carbocycles. The van der Waals surface area contributed by atoms with Gasteiger partial charge in [-0.05, 0) is 48.2 Å². The number of urea groups is 1. The Hall–Kier alpha value is -4.33. The number of nitrogens with zero attached hydrogens (tertiary/aromatic N) is 1. The SMILES string of the molecule is Cc1ccc([C@]2(c3ccccc3)NC(=O)N(CC(=O)Nc3ccc4c(c3)OCCO4)C2=O)cc1C. The van der Waals surface area contributed by atoms with Crippen molar-refractivity contribution in [3.05, 3.63) is 89.0 Å². The number of fused-ring (bicyclic) bond motifs is 1. The van der Waals surface area contributed by atoms with Gasteiger partial charge in [-0.25, -0.2) is 4.79 Å².